The summed E-state index contributed by atoms with van der Waals surface area (Å²) in [5.74, 6) is -0.306. The lowest BCUT2D eigenvalue weighted by Crippen LogP contribution is -2.23. The van der Waals surface area contributed by atoms with Gasteiger partial charge in [-0.1, -0.05) is 23.7 Å². The zero-order valence-corrected chi connectivity index (χ0v) is 14.7. The molecule has 3 rings (SSSR count). The van der Waals surface area contributed by atoms with Crippen molar-refractivity contribution >= 4 is 34.9 Å². The van der Waals surface area contributed by atoms with Gasteiger partial charge < -0.3 is 14.2 Å². The number of halogens is 1. The normalized spacial score (nSPS) is 12.1. The summed E-state index contributed by atoms with van der Waals surface area (Å²) in [6.45, 7) is 0. The molecule has 0 aliphatic heterocycles. The first-order valence-electron chi connectivity index (χ1n) is 7.50. The van der Waals surface area contributed by atoms with Crippen molar-refractivity contribution in [1.82, 2.24) is 0 Å². The van der Waals surface area contributed by atoms with Crippen molar-refractivity contribution in [3.8, 4) is 11.5 Å². The van der Waals surface area contributed by atoms with E-state index in [1.54, 1.807) is 18.2 Å². The molecular weight excluding hydrogens is 362 g/mol. The van der Waals surface area contributed by atoms with Crippen LogP contribution in [0.4, 0.5) is 10.5 Å². The molecule has 2 aromatic rings. The molecule has 0 atom stereocenters. The van der Waals surface area contributed by atoms with E-state index in [2.05, 4.69) is 10.1 Å². The number of carbonyl (C=O) groups excluding carboxylic acids is 3. The van der Waals surface area contributed by atoms with Gasteiger partial charge in [-0.25, -0.2) is 4.79 Å². The van der Waals surface area contributed by atoms with Crippen LogP contribution in [-0.2, 0) is 4.74 Å². The van der Waals surface area contributed by atoms with E-state index in [1.165, 1.54) is 26.4 Å². The Labute approximate surface area is 153 Å². The molecule has 2 aromatic carbocycles. The van der Waals surface area contributed by atoms with Gasteiger partial charge in [0.05, 0.1) is 25.3 Å². The molecule has 1 aliphatic carbocycles. The van der Waals surface area contributed by atoms with Gasteiger partial charge in [0.2, 0.25) is 5.78 Å². The second-order valence-corrected chi connectivity index (χ2v) is 5.53. The molecule has 1 aliphatic rings. The molecule has 0 aromatic heterocycles. The molecule has 7 nitrogen and oxygen atoms in total. The largest absolute Gasteiger partial charge is 0.496 e. The molecule has 0 bridgehead atoms. The van der Waals surface area contributed by atoms with Crippen molar-refractivity contribution in [1.29, 1.82) is 0 Å². The zero-order valence-electron chi connectivity index (χ0n) is 13.9. The predicted molar refractivity (Wildman–Crippen MR) is 93.7 cm³/mol. The Morgan fingerprint density at radius 1 is 1.00 bits per heavy atom. The van der Waals surface area contributed by atoms with Crippen LogP contribution in [0.3, 0.4) is 0 Å². The number of ether oxygens (including phenoxy) is 3. The molecule has 0 saturated carbocycles. The maximum absolute atomic E-state index is 13.0. The third-order valence-electron chi connectivity index (χ3n) is 3.94. The molecule has 0 heterocycles. The highest BCUT2D eigenvalue weighted by Crippen LogP contribution is 2.38. The number of amides is 1. The van der Waals surface area contributed by atoms with E-state index in [1.807, 2.05) is 0 Å². The number of ketones is 2. The molecule has 0 spiro atoms. The first-order valence-corrected chi connectivity index (χ1v) is 8.03. The van der Waals surface area contributed by atoms with E-state index in [4.69, 9.17) is 21.1 Å². The average Bonchev–Trinajstić information content (AvgIpc) is 2.64. The topological polar surface area (TPSA) is 90.9 Å². The minimum atomic E-state index is -0.793. The quantitative estimate of drug-likeness (QED) is 0.704. The van der Waals surface area contributed by atoms with Gasteiger partial charge in [-0.15, -0.1) is 0 Å². The van der Waals surface area contributed by atoms with Crippen molar-refractivity contribution in [2.45, 2.75) is 0 Å². The van der Waals surface area contributed by atoms with Crippen LogP contribution in [0.5, 0.6) is 11.5 Å². The van der Waals surface area contributed by atoms with Crippen LogP contribution in [-0.4, -0.2) is 37.9 Å². The average molecular weight is 376 g/mol. The Hall–Kier alpha value is -3.06. The molecule has 1 N–H and O–H groups in total. The maximum atomic E-state index is 13.0. The van der Waals surface area contributed by atoms with Crippen molar-refractivity contribution in [2.75, 3.05) is 25.6 Å². The zero-order chi connectivity index (χ0) is 18.8. The Balaban J connectivity index is 2.16. The van der Waals surface area contributed by atoms with Gasteiger partial charge in [0.15, 0.2) is 11.8 Å². The van der Waals surface area contributed by atoms with Crippen molar-refractivity contribution in [3.05, 3.63) is 52.6 Å². The third kappa shape index (κ3) is 2.86. The first kappa shape index (κ1) is 17.8. The molecule has 0 fully saturated rings. The van der Waals surface area contributed by atoms with Gasteiger partial charge >= 0.3 is 6.09 Å². The van der Waals surface area contributed by atoms with Gasteiger partial charge in [0.1, 0.15) is 11.5 Å². The standard InChI is InChI=1S/C18H14ClNO6/c1-24-12-5-3-4-10-14(12)17(22)15-11(16(10)21)6-9(7-13(15)25-2)20-18(23)26-8-19/h3-7H,8H2,1-2H3,(H,20,23). The van der Waals surface area contributed by atoms with Gasteiger partial charge in [-0.2, -0.15) is 0 Å². The van der Waals surface area contributed by atoms with E-state index < -0.39 is 11.9 Å². The fourth-order valence-corrected chi connectivity index (χ4v) is 2.96. The Morgan fingerprint density at radius 3 is 2.35 bits per heavy atom. The van der Waals surface area contributed by atoms with E-state index in [0.29, 0.717) is 5.75 Å². The van der Waals surface area contributed by atoms with Crippen LogP contribution in [0, 0.1) is 0 Å². The Kier molecular flexibility index (Phi) is 4.81. The Morgan fingerprint density at radius 2 is 1.69 bits per heavy atom. The highest BCUT2D eigenvalue weighted by molar-refractivity contribution is 6.30. The van der Waals surface area contributed by atoms with Crippen molar-refractivity contribution < 1.29 is 28.6 Å². The summed E-state index contributed by atoms with van der Waals surface area (Å²) in [4.78, 5) is 37.5. The Bertz CT molecular complexity index is 924. The highest BCUT2D eigenvalue weighted by Gasteiger charge is 2.35. The molecule has 0 unspecified atom stereocenters. The molecule has 8 heteroatoms. The number of benzene rings is 2. The summed E-state index contributed by atoms with van der Waals surface area (Å²) in [6, 6.07) is 7.30. The SMILES string of the molecule is COc1cccc2c1C(=O)c1c(OC)cc(NC(=O)OCCl)cc1C2=O. The van der Waals surface area contributed by atoms with E-state index in [9.17, 15) is 14.4 Å². The predicted octanol–water partition coefficient (Wildman–Crippen LogP) is 3.22. The fraction of sp³-hybridized carbons (Fsp3) is 0.167. The lowest BCUT2D eigenvalue weighted by atomic mass is 9.82. The monoisotopic (exact) mass is 375 g/mol. The number of rotatable bonds is 4. The molecule has 1 amide bonds. The molecular formula is C18H14ClNO6. The number of hydrogen-bond donors (Lipinski definition) is 1. The first-order chi connectivity index (χ1) is 12.5. The number of carbonyl (C=O) groups is 3. The number of alkyl halides is 1. The third-order valence-corrected chi connectivity index (χ3v) is 4.05. The van der Waals surface area contributed by atoms with E-state index in [0.717, 1.165) is 0 Å². The second kappa shape index (κ2) is 7.05. The lowest BCUT2D eigenvalue weighted by Gasteiger charge is -2.22. The van der Waals surface area contributed by atoms with Crippen LogP contribution in [0.25, 0.3) is 0 Å². The summed E-state index contributed by atoms with van der Waals surface area (Å²) in [6.07, 6.45) is -0.793. The summed E-state index contributed by atoms with van der Waals surface area (Å²) < 4.78 is 15.1. The molecule has 134 valence electrons. The van der Waals surface area contributed by atoms with E-state index in [-0.39, 0.29) is 45.5 Å². The number of fused-ring (bicyclic) bond motifs is 2. The van der Waals surface area contributed by atoms with Crippen LogP contribution in [0.1, 0.15) is 31.8 Å². The van der Waals surface area contributed by atoms with Gasteiger partial charge in [-0.05, 0) is 12.1 Å². The molecule has 0 saturated heterocycles. The van der Waals surface area contributed by atoms with Crippen LogP contribution >= 0.6 is 11.6 Å². The minimum Gasteiger partial charge on any atom is -0.496 e. The highest BCUT2D eigenvalue weighted by atomic mass is 35.5. The van der Waals surface area contributed by atoms with Crippen LogP contribution in [0.15, 0.2) is 30.3 Å². The number of methoxy groups -OCH3 is 2. The summed E-state index contributed by atoms with van der Waals surface area (Å²) in [7, 11) is 2.79. The van der Waals surface area contributed by atoms with Crippen molar-refractivity contribution in [3.63, 3.8) is 0 Å². The number of hydrogen-bond acceptors (Lipinski definition) is 6. The summed E-state index contributed by atoms with van der Waals surface area (Å²) >= 11 is 5.35. The van der Waals surface area contributed by atoms with Gasteiger partial charge in [0, 0.05) is 22.9 Å². The van der Waals surface area contributed by atoms with Gasteiger partial charge in [-0.3, -0.25) is 14.9 Å². The smallest absolute Gasteiger partial charge is 0.412 e. The second-order valence-electron chi connectivity index (χ2n) is 5.31. The molecule has 0 radical (unpaired) electrons. The van der Waals surface area contributed by atoms with Crippen molar-refractivity contribution in [2.24, 2.45) is 0 Å². The van der Waals surface area contributed by atoms with Crippen LogP contribution in [0.2, 0.25) is 0 Å². The van der Waals surface area contributed by atoms with Crippen LogP contribution < -0.4 is 14.8 Å². The molecule has 26 heavy (non-hydrogen) atoms. The number of anilines is 1. The number of nitrogens with one attached hydrogen (secondary N) is 1. The van der Waals surface area contributed by atoms with E-state index >= 15 is 0 Å². The minimum absolute atomic E-state index is 0.116. The fourth-order valence-electron chi connectivity index (χ4n) is 2.86. The lowest BCUT2D eigenvalue weighted by molar-refractivity contribution is 0.0974. The maximum Gasteiger partial charge on any atom is 0.412 e. The summed E-state index contributed by atoms with van der Waals surface area (Å²) in [5, 5.41) is 2.44. The van der Waals surface area contributed by atoms with Gasteiger partial charge in [0.25, 0.3) is 0 Å². The summed E-state index contributed by atoms with van der Waals surface area (Å²) in [5.41, 5.74) is 0.891.